The van der Waals surface area contributed by atoms with Crippen molar-refractivity contribution in [1.82, 2.24) is 10.6 Å². The maximum Gasteiger partial charge on any atom is 0.243 e. The molecule has 5 heteroatoms. The Morgan fingerprint density at radius 2 is 1.85 bits per heavy atom. The molecule has 1 aliphatic rings. The van der Waals surface area contributed by atoms with Gasteiger partial charge in [-0.1, -0.05) is 55.1 Å². The molecular formula is C21H22N2O3. The highest BCUT2D eigenvalue weighted by molar-refractivity contribution is 5.87. The Morgan fingerprint density at radius 3 is 2.62 bits per heavy atom. The van der Waals surface area contributed by atoms with E-state index in [9.17, 15) is 9.59 Å². The van der Waals surface area contributed by atoms with Gasteiger partial charge in [-0.05, 0) is 17.7 Å². The number of hydrogen-bond donors (Lipinski definition) is 2. The standard InChI is InChI=1S/C21H22N2O3/c1-2-20(24)22-13-12-21(25)23-17-14-19(15-8-4-3-5-9-15)26-18-11-7-6-10-16(17)18/h2-11,17,19H,1,12-14H2,(H,22,24)(H,23,25)/t17-,19+/m1/s1. The van der Waals surface area contributed by atoms with Gasteiger partial charge in [0, 0.05) is 24.9 Å². The van der Waals surface area contributed by atoms with E-state index in [-0.39, 0.29) is 36.9 Å². The minimum absolute atomic E-state index is 0.108. The highest BCUT2D eigenvalue weighted by Crippen LogP contribution is 2.40. The third-order valence-electron chi connectivity index (χ3n) is 4.36. The zero-order valence-electron chi connectivity index (χ0n) is 14.5. The monoisotopic (exact) mass is 350 g/mol. The number of fused-ring (bicyclic) bond motifs is 1. The molecule has 2 N–H and O–H groups in total. The zero-order valence-corrected chi connectivity index (χ0v) is 14.5. The van der Waals surface area contributed by atoms with Gasteiger partial charge in [0.25, 0.3) is 0 Å². The van der Waals surface area contributed by atoms with E-state index in [1.54, 1.807) is 0 Å². The van der Waals surface area contributed by atoms with Crippen LogP contribution in [0.2, 0.25) is 0 Å². The fourth-order valence-corrected chi connectivity index (χ4v) is 3.06. The number of hydrogen-bond acceptors (Lipinski definition) is 3. The summed E-state index contributed by atoms with van der Waals surface area (Å²) in [5.41, 5.74) is 2.06. The molecule has 1 aliphatic heterocycles. The minimum atomic E-state index is -0.279. The van der Waals surface area contributed by atoms with Crippen molar-refractivity contribution >= 4 is 11.8 Å². The Bertz CT molecular complexity index is 789. The molecule has 0 aromatic heterocycles. The van der Waals surface area contributed by atoms with Crippen molar-refractivity contribution in [3.05, 3.63) is 78.4 Å². The highest BCUT2D eigenvalue weighted by atomic mass is 16.5. The number of benzene rings is 2. The number of ether oxygens (including phenoxy) is 1. The second kappa shape index (κ2) is 8.34. The Kier molecular flexibility index (Phi) is 5.69. The van der Waals surface area contributed by atoms with Crippen LogP contribution in [0.4, 0.5) is 0 Å². The van der Waals surface area contributed by atoms with Crippen molar-refractivity contribution in [2.24, 2.45) is 0 Å². The lowest BCUT2D eigenvalue weighted by Crippen LogP contribution is -2.35. The number of nitrogens with one attached hydrogen (secondary N) is 2. The average Bonchev–Trinajstić information content (AvgIpc) is 2.68. The quantitative estimate of drug-likeness (QED) is 0.787. The molecule has 0 saturated heterocycles. The summed E-state index contributed by atoms with van der Waals surface area (Å²) in [5.74, 6) is 0.402. The maximum atomic E-state index is 12.3. The third kappa shape index (κ3) is 4.30. The Morgan fingerprint density at radius 1 is 1.12 bits per heavy atom. The van der Waals surface area contributed by atoms with Crippen LogP contribution in [0.5, 0.6) is 5.75 Å². The molecule has 3 rings (SSSR count). The van der Waals surface area contributed by atoms with Gasteiger partial charge in [0.1, 0.15) is 11.9 Å². The molecule has 5 nitrogen and oxygen atoms in total. The van der Waals surface area contributed by atoms with Crippen molar-refractivity contribution in [2.75, 3.05) is 6.54 Å². The number of carbonyl (C=O) groups is 2. The molecular weight excluding hydrogens is 328 g/mol. The fraction of sp³-hybridized carbons (Fsp3) is 0.238. The molecule has 134 valence electrons. The van der Waals surface area contributed by atoms with Gasteiger partial charge in [0.15, 0.2) is 0 Å². The summed E-state index contributed by atoms with van der Waals surface area (Å²) in [4.78, 5) is 23.5. The van der Waals surface area contributed by atoms with Crippen molar-refractivity contribution in [1.29, 1.82) is 0 Å². The summed E-state index contributed by atoms with van der Waals surface area (Å²) in [7, 11) is 0. The molecule has 0 fully saturated rings. The largest absolute Gasteiger partial charge is 0.485 e. The van der Waals surface area contributed by atoms with E-state index in [0.717, 1.165) is 16.9 Å². The van der Waals surface area contributed by atoms with E-state index in [4.69, 9.17) is 4.74 Å². The number of amides is 2. The summed E-state index contributed by atoms with van der Waals surface area (Å²) < 4.78 is 6.14. The summed E-state index contributed by atoms with van der Waals surface area (Å²) >= 11 is 0. The zero-order chi connectivity index (χ0) is 18.4. The second-order valence-electron chi connectivity index (χ2n) is 6.16. The Hall–Kier alpha value is -3.08. The van der Waals surface area contributed by atoms with Gasteiger partial charge in [0.05, 0.1) is 6.04 Å². The lowest BCUT2D eigenvalue weighted by Gasteiger charge is -2.33. The number of rotatable bonds is 6. The first-order valence-corrected chi connectivity index (χ1v) is 8.67. The SMILES string of the molecule is C=CC(=O)NCCC(=O)N[C@@H]1C[C@@H](c2ccccc2)Oc2ccccc21. The van der Waals surface area contributed by atoms with E-state index in [1.807, 2.05) is 54.6 Å². The van der Waals surface area contributed by atoms with Gasteiger partial charge < -0.3 is 15.4 Å². The smallest absolute Gasteiger partial charge is 0.243 e. The van der Waals surface area contributed by atoms with Gasteiger partial charge in [0.2, 0.25) is 11.8 Å². The van der Waals surface area contributed by atoms with Crippen molar-refractivity contribution < 1.29 is 14.3 Å². The van der Waals surface area contributed by atoms with Crippen LogP contribution in [0, 0.1) is 0 Å². The third-order valence-corrected chi connectivity index (χ3v) is 4.36. The maximum absolute atomic E-state index is 12.3. The van der Waals surface area contributed by atoms with Crippen molar-refractivity contribution in [2.45, 2.75) is 25.0 Å². The summed E-state index contributed by atoms with van der Waals surface area (Å²) in [6.07, 6.45) is 1.95. The first kappa shape index (κ1) is 17.7. The van der Waals surface area contributed by atoms with Crippen LogP contribution < -0.4 is 15.4 Å². The van der Waals surface area contributed by atoms with E-state index in [2.05, 4.69) is 17.2 Å². The molecule has 26 heavy (non-hydrogen) atoms. The fourth-order valence-electron chi connectivity index (χ4n) is 3.06. The first-order chi connectivity index (χ1) is 12.7. The average molecular weight is 350 g/mol. The predicted octanol–water partition coefficient (Wildman–Crippen LogP) is 3.06. The normalized spacial score (nSPS) is 18.2. The van der Waals surface area contributed by atoms with Crippen LogP contribution in [0.3, 0.4) is 0 Å². The molecule has 0 radical (unpaired) electrons. The molecule has 0 saturated carbocycles. The first-order valence-electron chi connectivity index (χ1n) is 8.67. The van der Waals surface area contributed by atoms with E-state index < -0.39 is 0 Å². The lowest BCUT2D eigenvalue weighted by molar-refractivity contribution is -0.122. The highest BCUT2D eigenvalue weighted by Gasteiger charge is 2.29. The van der Waals surface area contributed by atoms with Gasteiger partial charge in [-0.25, -0.2) is 0 Å². The summed E-state index contributed by atoms with van der Waals surface area (Å²) in [5, 5.41) is 5.68. The molecule has 0 spiro atoms. The van der Waals surface area contributed by atoms with Gasteiger partial charge >= 0.3 is 0 Å². The van der Waals surface area contributed by atoms with Crippen LogP contribution in [0.15, 0.2) is 67.3 Å². The predicted molar refractivity (Wildman–Crippen MR) is 99.6 cm³/mol. The van der Waals surface area contributed by atoms with Crippen LogP contribution >= 0.6 is 0 Å². The molecule has 0 aliphatic carbocycles. The second-order valence-corrected chi connectivity index (χ2v) is 6.16. The molecule has 2 atom stereocenters. The number of para-hydroxylation sites is 1. The lowest BCUT2D eigenvalue weighted by atomic mass is 9.93. The molecule has 2 aromatic rings. The van der Waals surface area contributed by atoms with Crippen molar-refractivity contribution in [3.8, 4) is 5.75 Å². The topological polar surface area (TPSA) is 67.4 Å². The van der Waals surface area contributed by atoms with Crippen molar-refractivity contribution in [3.63, 3.8) is 0 Å². The van der Waals surface area contributed by atoms with Crippen LogP contribution in [0.25, 0.3) is 0 Å². The molecule has 0 bridgehead atoms. The van der Waals surface area contributed by atoms with E-state index in [1.165, 1.54) is 6.08 Å². The van der Waals surface area contributed by atoms with Crippen LogP contribution in [0.1, 0.15) is 36.1 Å². The summed E-state index contributed by atoms with van der Waals surface area (Å²) in [6, 6.07) is 17.6. The van der Waals surface area contributed by atoms with Gasteiger partial charge in [-0.3, -0.25) is 9.59 Å². The Balaban J connectivity index is 1.69. The van der Waals surface area contributed by atoms with Crippen LogP contribution in [-0.2, 0) is 9.59 Å². The van der Waals surface area contributed by atoms with Crippen LogP contribution in [-0.4, -0.2) is 18.4 Å². The number of carbonyl (C=O) groups excluding carboxylic acids is 2. The van der Waals surface area contributed by atoms with Gasteiger partial charge in [-0.15, -0.1) is 0 Å². The molecule has 0 unspecified atom stereocenters. The minimum Gasteiger partial charge on any atom is -0.485 e. The van der Waals surface area contributed by atoms with E-state index >= 15 is 0 Å². The molecule has 2 aromatic carbocycles. The summed E-state index contributed by atoms with van der Waals surface area (Å²) in [6.45, 7) is 3.67. The van der Waals surface area contributed by atoms with E-state index in [0.29, 0.717) is 6.42 Å². The Labute approximate surface area is 153 Å². The molecule has 1 heterocycles. The molecule has 2 amide bonds. The van der Waals surface area contributed by atoms with Gasteiger partial charge in [-0.2, -0.15) is 0 Å².